The molecule has 0 aliphatic rings. The van der Waals surface area contributed by atoms with Crippen molar-refractivity contribution in [1.29, 1.82) is 0 Å². The first-order chi connectivity index (χ1) is 26.2. The van der Waals surface area contributed by atoms with Crippen molar-refractivity contribution in [2.24, 2.45) is 0 Å². The molecule has 10 rings (SSSR count). The quantitative estimate of drug-likeness (QED) is 0.174. The van der Waals surface area contributed by atoms with Crippen LogP contribution in [0.5, 0.6) is 0 Å². The normalized spacial score (nSPS) is 11.8. The number of allylic oxidation sites excluding steroid dienone is 1. The lowest BCUT2D eigenvalue weighted by Gasteiger charge is -2.12. The highest BCUT2D eigenvalue weighted by atomic mass is 32.1. The highest BCUT2D eigenvalue weighted by Crippen LogP contribution is 2.48. The van der Waals surface area contributed by atoms with Crippen molar-refractivity contribution in [3.8, 4) is 51.0 Å². The highest BCUT2D eigenvalue weighted by Gasteiger charge is 2.24. The van der Waals surface area contributed by atoms with E-state index in [4.69, 9.17) is 15.0 Å². The lowest BCUT2D eigenvalue weighted by Crippen LogP contribution is -2.06. The van der Waals surface area contributed by atoms with Gasteiger partial charge in [0.25, 0.3) is 0 Å². The number of benzene rings is 7. The molecule has 0 radical (unpaired) electrons. The third kappa shape index (κ3) is 5.24. The van der Waals surface area contributed by atoms with Gasteiger partial charge in [-0.25, -0.2) is 4.98 Å². The van der Waals surface area contributed by atoms with Crippen LogP contribution in [0.4, 0.5) is 0 Å². The number of nitrogens with zero attached hydrogens (tertiary/aromatic N) is 4. The molecular weight excluding hydrogens is 665 g/mol. The van der Waals surface area contributed by atoms with E-state index in [0.717, 1.165) is 38.5 Å². The third-order valence-corrected chi connectivity index (χ3v) is 11.2. The second-order valence-corrected chi connectivity index (χ2v) is 14.2. The van der Waals surface area contributed by atoms with Gasteiger partial charge in [0.1, 0.15) is 0 Å². The first-order valence-corrected chi connectivity index (χ1v) is 18.6. The molecule has 0 spiro atoms. The smallest absolute Gasteiger partial charge is 0.238 e. The van der Waals surface area contributed by atoms with Gasteiger partial charge in [0.2, 0.25) is 5.95 Å². The molecule has 7 aromatic carbocycles. The molecule has 250 valence electrons. The summed E-state index contributed by atoms with van der Waals surface area (Å²) in [5.74, 6) is 1.85. The van der Waals surface area contributed by atoms with E-state index in [-0.39, 0.29) is 0 Å². The fourth-order valence-corrected chi connectivity index (χ4v) is 8.88. The van der Waals surface area contributed by atoms with Crippen LogP contribution in [0.15, 0.2) is 170 Å². The maximum atomic E-state index is 5.28. The van der Waals surface area contributed by atoms with E-state index < -0.39 is 0 Å². The number of aromatic nitrogens is 4. The van der Waals surface area contributed by atoms with E-state index in [2.05, 4.69) is 151 Å². The summed E-state index contributed by atoms with van der Waals surface area (Å²) >= 11 is 1.86. The Morgan fingerprint density at radius 3 is 1.72 bits per heavy atom. The summed E-state index contributed by atoms with van der Waals surface area (Å²) in [6.45, 7) is 2.09. The summed E-state index contributed by atoms with van der Waals surface area (Å²) in [5.41, 5.74) is 9.99. The third-order valence-electron chi connectivity index (χ3n) is 9.95. The van der Waals surface area contributed by atoms with Crippen molar-refractivity contribution in [3.63, 3.8) is 0 Å². The molecule has 0 aliphatic heterocycles. The first kappa shape index (κ1) is 31.1. The monoisotopic (exact) mass is 696 g/mol. The molecule has 3 aromatic heterocycles. The van der Waals surface area contributed by atoms with Gasteiger partial charge >= 0.3 is 0 Å². The molecule has 4 nitrogen and oxygen atoms in total. The Hall–Kier alpha value is -6.69. The lowest BCUT2D eigenvalue weighted by molar-refractivity contribution is 0.955. The van der Waals surface area contributed by atoms with E-state index >= 15 is 0 Å². The molecule has 0 saturated carbocycles. The maximum Gasteiger partial charge on any atom is 0.238 e. The minimum absolute atomic E-state index is 0.587. The molecule has 0 fully saturated rings. The summed E-state index contributed by atoms with van der Waals surface area (Å²) in [6.07, 6.45) is 4.38. The molecule has 10 aromatic rings. The van der Waals surface area contributed by atoms with Gasteiger partial charge in [-0.05, 0) is 52.9 Å². The minimum atomic E-state index is 0.587. The van der Waals surface area contributed by atoms with Crippen molar-refractivity contribution in [2.75, 3.05) is 0 Å². The molecule has 0 saturated heterocycles. The molecule has 5 heteroatoms. The fourth-order valence-electron chi connectivity index (χ4n) is 7.55. The van der Waals surface area contributed by atoms with Crippen LogP contribution in [-0.2, 0) is 0 Å². The van der Waals surface area contributed by atoms with E-state index in [9.17, 15) is 0 Å². The Morgan fingerprint density at radius 1 is 0.491 bits per heavy atom. The summed E-state index contributed by atoms with van der Waals surface area (Å²) in [7, 11) is 0. The van der Waals surface area contributed by atoms with Gasteiger partial charge in [-0.3, -0.25) is 4.57 Å². The lowest BCUT2D eigenvalue weighted by atomic mass is 9.99. The molecule has 0 N–H and O–H groups in total. The average Bonchev–Trinajstić information content (AvgIpc) is 3.78. The Labute approximate surface area is 311 Å². The molecule has 0 aliphatic carbocycles. The van der Waals surface area contributed by atoms with Gasteiger partial charge in [-0.2, -0.15) is 9.97 Å². The molecule has 53 heavy (non-hydrogen) atoms. The van der Waals surface area contributed by atoms with Crippen LogP contribution in [0.25, 0.3) is 99.0 Å². The van der Waals surface area contributed by atoms with Crippen molar-refractivity contribution >= 4 is 59.4 Å². The topological polar surface area (TPSA) is 43.6 Å². The van der Waals surface area contributed by atoms with Gasteiger partial charge in [-0.1, -0.05) is 158 Å². The van der Waals surface area contributed by atoms with Crippen LogP contribution in [0, 0.1) is 0 Å². The Balaban J connectivity index is 1.38. The minimum Gasteiger partial charge on any atom is -0.277 e. The summed E-state index contributed by atoms with van der Waals surface area (Å²) < 4.78 is 4.78. The molecular formula is C48H32N4S. The SMILES string of the molecule is C/C=C/c1cc2c3cc(-c4ccccc4)ccc3n(-c3nc(-c4ccccc4)nc(-c4ccccc4)n3)c2c2c1sc1c(-c3ccccc3)cccc12. The van der Waals surface area contributed by atoms with E-state index in [0.29, 0.717) is 17.6 Å². The predicted molar refractivity (Wildman–Crippen MR) is 224 cm³/mol. The largest absolute Gasteiger partial charge is 0.277 e. The van der Waals surface area contributed by atoms with Crippen molar-refractivity contribution in [3.05, 3.63) is 175 Å². The first-order valence-electron chi connectivity index (χ1n) is 17.8. The van der Waals surface area contributed by atoms with E-state index in [1.165, 1.54) is 42.4 Å². The Morgan fingerprint density at radius 2 is 1.09 bits per heavy atom. The van der Waals surface area contributed by atoms with Gasteiger partial charge in [-0.15, -0.1) is 11.3 Å². The van der Waals surface area contributed by atoms with Crippen LogP contribution in [0.3, 0.4) is 0 Å². The van der Waals surface area contributed by atoms with E-state index in [1.54, 1.807) is 0 Å². The zero-order valence-electron chi connectivity index (χ0n) is 28.9. The summed E-state index contributed by atoms with van der Waals surface area (Å²) in [5, 5.41) is 4.73. The average molecular weight is 697 g/mol. The highest BCUT2D eigenvalue weighted by molar-refractivity contribution is 7.26. The Kier molecular flexibility index (Phi) is 7.52. The van der Waals surface area contributed by atoms with Crippen LogP contribution < -0.4 is 0 Å². The molecule has 3 heterocycles. The second kappa shape index (κ2) is 12.8. The maximum absolute atomic E-state index is 5.28. The van der Waals surface area contributed by atoms with Crippen LogP contribution >= 0.6 is 11.3 Å². The van der Waals surface area contributed by atoms with Crippen LogP contribution in [-0.4, -0.2) is 19.5 Å². The molecule has 0 bridgehead atoms. The molecule has 0 amide bonds. The number of hydrogen-bond donors (Lipinski definition) is 0. The van der Waals surface area contributed by atoms with Gasteiger partial charge in [0.05, 0.1) is 11.0 Å². The molecule has 0 atom stereocenters. The number of rotatable bonds is 6. The summed E-state index contributed by atoms with van der Waals surface area (Å²) in [4.78, 5) is 15.6. The van der Waals surface area contributed by atoms with Crippen LogP contribution in [0.1, 0.15) is 12.5 Å². The van der Waals surface area contributed by atoms with Crippen LogP contribution in [0.2, 0.25) is 0 Å². The number of fused-ring (bicyclic) bond motifs is 7. The fraction of sp³-hybridized carbons (Fsp3) is 0.0208. The molecule has 0 unspecified atom stereocenters. The van der Waals surface area contributed by atoms with Crippen molar-refractivity contribution in [2.45, 2.75) is 6.92 Å². The van der Waals surface area contributed by atoms with Crippen molar-refractivity contribution in [1.82, 2.24) is 19.5 Å². The van der Waals surface area contributed by atoms with E-state index in [1.807, 2.05) is 47.7 Å². The zero-order valence-corrected chi connectivity index (χ0v) is 29.8. The van der Waals surface area contributed by atoms with Gasteiger partial charge < -0.3 is 0 Å². The number of thiophene rings is 1. The summed E-state index contributed by atoms with van der Waals surface area (Å²) in [6, 6.07) is 57.5. The number of hydrogen-bond acceptors (Lipinski definition) is 4. The Bertz CT molecular complexity index is 2920. The zero-order chi connectivity index (χ0) is 35.3. The van der Waals surface area contributed by atoms with Gasteiger partial charge in [0.15, 0.2) is 11.6 Å². The second-order valence-electron chi connectivity index (χ2n) is 13.2. The van der Waals surface area contributed by atoms with Gasteiger partial charge in [0, 0.05) is 42.1 Å². The van der Waals surface area contributed by atoms with Crippen molar-refractivity contribution < 1.29 is 0 Å². The predicted octanol–water partition coefficient (Wildman–Crippen LogP) is 13.0. The standard InChI is InChI=1S/C48H32N4S/c1-2-16-36-30-40-39-29-35(31-17-7-3-8-18-31)27-28-41(39)52(43(40)42-38-26-15-25-37(45(38)53-44(36)42)32-19-9-4-10-20-32)48-50-46(33-21-11-5-12-22-33)49-47(51-48)34-23-13-6-14-24-34/h2-30H,1H3/b16-2+.